The first-order valence-electron chi connectivity index (χ1n) is 5.45. The summed E-state index contributed by atoms with van der Waals surface area (Å²) in [6.07, 6.45) is 2.73. The first-order valence-corrected chi connectivity index (χ1v) is 5.45. The average molecular weight is 228 g/mol. The van der Waals surface area contributed by atoms with E-state index in [1.165, 1.54) is 0 Å². The van der Waals surface area contributed by atoms with Gasteiger partial charge in [-0.15, -0.1) is 0 Å². The molecule has 1 atom stereocenters. The van der Waals surface area contributed by atoms with Crippen LogP contribution < -0.4 is 5.73 Å². The number of aliphatic hydroxyl groups excluding tert-OH is 2. The lowest BCUT2D eigenvalue weighted by Gasteiger charge is -2.22. The van der Waals surface area contributed by atoms with Crippen molar-refractivity contribution in [2.24, 2.45) is 0 Å². The van der Waals surface area contributed by atoms with Crippen LogP contribution in [-0.4, -0.2) is 57.2 Å². The topological polar surface area (TPSA) is 87.5 Å². The summed E-state index contributed by atoms with van der Waals surface area (Å²) in [7, 11) is 0. The van der Waals surface area contributed by atoms with Gasteiger partial charge in [0.25, 0.3) is 0 Å². The molecule has 0 aliphatic rings. The summed E-state index contributed by atoms with van der Waals surface area (Å²) < 4.78 is 1.62. The SMILES string of the molecule is CCN(CCO)CC(O)Cn1cc(N)cn1. The molecule has 0 bridgehead atoms. The van der Waals surface area contributed by atoms with Gasteiger partial charge < -0.3 is 15.9 Å². The lowest BCUT2D eigenvalue weighted by Crippen LogP contribution is -2.36. The Morgan fingerprint density at radius 2 is 2.38 bits per heavy atom. The van der Waals surface area contributed by atoms with Crippen LogP contribution in [0, 0.1) is 0 Å². The Kier molecular flexibility index (Phi) is 5.24. The van der Waals surface area contributed by atoms with Crippen molar-refractivity contribution in [1.29, 1.82) is 0 Å². The largest absolute Gasteiger partial charge is 0.396 e. The maximum atomic E-state index is 9.82. The van der Waals surface area contributed by atoms with Gasteiger partial charge in [0.05, 0.1) is 31.1 Å². The molecule has 0 aliphatic heterocycles. The lowest BCUT2D eigenvalue weighted by atomic mass is 10.3. The van der Waals surface area contributed by atoms with Crippen molar-refractivity contribution < 1.29 is 10.2 Å². The van der Waals surface area contributed by atoms with Crippen molar-refractivity contribution in [3.63, 3.8) is 0 Å². The van der Waals surface area contributed by atoms with Crippen molar-refractivity contribution in [2.75, 3.05) is 32.0 Å². The number of aliphatic hydroxyl groups is 2. The van der Waals surface area contributed by atoms with E-state index in [1.54, 1.807) is 17.1 Å². The van der Waals surface area contributed by atoms with E-state index < -0.39 is 6.10 Å². The summed E-state index contributed by atoms with van der Waals surface area (Å²) in [6, 6.07) is 0. The quantitative estimate of drug-likeness (QED) is 0.565. The minimum Gasteiger partial charge on any atom is -0.396 e. The molecule has 4 N–H and O–H groups in total. The molecule has 0 fully saturated rings. The Morgan fingerprint density at radius 1 is 1.62 bits per heavy atom. The molecule has 0 amide bonds. The number of aromatic nitrogens is 2. The van der Waals surface area contributed by atoms with E-state index in [0.29, 0.717) is 25.3 Å². The van der Waals surface area contributed by atoms with Crippen LogP contribution in [0.25, 0.3) is 0 Å². The standard InChI is InChI=1S/C10H20N4O2/c1-2-13(3-4-15)7-10(16)8-14-6-9(11)5-12-14/h5-6,10,15-16H,2-4,7-8,11H2,1H3. The lowest BCUT2D eigenvalue weighted by molar-refractivity contribution is 0.0877. The van der Waals surface area contributed by atoms with Gasteiger partial charge in [-0.3, -0.25) is 9.58 Å². The van der Waals surface area contributed by atoms with Gasteiger partial charge in [0, 0.05) is 19.3 Å². The van der Waals surface area contributed by atoms with Gasteiger partial charge in [-0.25, -0.2) is 0 Å². The normalized spacial score (nSPS) is 13.2. The minimum absolute atomic E-state index is 0.106. The summed E-state index contributed by atoms with van der Waals surface area (Å²) in [6.45, 7) is 4.42. The van der Waals surface area contributed by atoms with E-state index in [2.05, 4.69) is 5.10 Å². The molecule has 0 aromatic carbocycles. The summed E-state index contributed by atoms with van der Waals surface area (Å²) >= 11 is 0. The van der Waals surface area contributed by atoms with Crippen LogP contribution in [0.1, 0.15) is 6.92 Å². The predicted octanol–water partition coefficient (Wildman–Crippen LogP) is -0.860. The Morgan fingerprint density at radius 3 is 2.88 bits per heavy atom. The third-order valence-electron chi connectivity index (χ3n) is 2.38. The van der Waals surface area contributed by atoms with Gasteiger partial charge in [-0.2, -0.15) is 5.10 Å². The molecule has 6 nitrogen and oxygen atoms in total. The smallest absolute Gasteiger partial charge is 0.0862 e. The highest BCUT2D eigenvalue weighted by Gasteiger charge is 2.10. The van der Waals surface area contributed by atoms with Crippen LogP contribution in [0.2, 0.25) is 0 Å². The van der Waals surface area contributed by atoms with Crippen molar-refractivity contribution in [1.82, 2.24) is 14.7 Å². The van der Waals surface area contributed by atoms with E-state index in [1.807, 2.05) is 11.8 Å². The number of likely N-dealkylation sites (N-methyl/N-ethyl adjacent to an activating group) is 1. The third-order valence-corrected chi connectivity index (χ3v) is 2.38. The molecule has 0 radical (unpaired) electrons. The fourth-order valence-corrected chi connectivity index (χ4v) is 1.57. The summed E-state index contributed by atoms with van der Waals surface area (Å²) in [4.78, 5) is 1.98. The van der Waals surface area contributed by atoms with Crippen molar-refractivity contribution in [2.45, 2.75) is 19.6 Å². The molecule has 6 heteroatoms. The second kappa shape index (κ2) is 6.47. The van der Waals surface area contributed by atoms with Crippen LogP contribution in [0.3, 0.4) is 0 Å². The van der Waals surface area contributed by atoms with Gasteiger partial charge in [0.15, 0.2) is 0 Å². The zero-order chi connectivity index (χ0) is 12.0. The molecular weight excluding hydrogens is 208 g/mol. The number of hydrogen-bond donors (Lipinski definition) is 3. The Balaban J connectivity index is 2.37. The van der Waals surface area contributed by atoms with Gasteiger partial charge in [0.2, 0.25) is 0 Å². The van der Waals surface area contributed by atoms with E-state index in [4.69, 9.17) is 10.8 Å². The maximum Gasteiger partial charge on any atom is 0.0862 e. The van der Waals surface area contributed by atoms with Gasteiger partial charge >= 0.3 is 0 Å². The van der Waals surface area contributed by atoms with E-state index >= 15 is 0 Å². The number of rotatable bonds is 7. The monoisotopic (exact) mass is 228 g/mol. The van der Waals surface area contributed by atoms with E-state index in [0.717, 1.165) is 6.54 Å². The van der Waals surface area contributed by atoms with Crippen molar-refractivity contribution in [3.05, 3.63) is 12.4 Å². The molecule has 16 heavy (non-hydrogen) atoms. The first-order chi connectivity index (χ1) is 7.65. The second-order valence-electron chi connectivity index (χ2n) is 3.77. The zero-order valence-electron chi connectivity index (χ0n) is 9.58. The Hall–Kier alpha value is -1.11. The van der Waals surface area contributed by atoms with Gasteiger partial charge in [-0.05, 0) is 6.54 Å². The van der Waals surface area contributed by atoms with Crippen LogP contribution in [0.4, 0.5) is 5.69 Å². The highest BCUT2D eigenvalue weighted by molar-refractivity contribution is 5.30. The van der Waals surface area contributed by atoms with E-state index in [9.17, 15) is 5.11 Å². The number of anilines is 1. The summed E-state index contributed by atoms with van der Waals surface area (Å²) in [5.41, 5.74) is 6.11. The molecular formula is C10H20N4O2. The van der Waals surface area contributed by atoms with Crippen LogP contribution >= 0.6 is 0 Å². The minimum atomic E-state index is -0.509. The zero-order valence-corrected chi connectivity index (χ0v) is 9.58. The Labute approximate surface area is 95.3 Å². The van der Waals surface area contributed by atoms with Crippen molar-refractivity contribution >= 4 is 5.69 Å². The fourth-order valence-electron chi connectivity index (χ4n) is 1.57. The molecule has 1 heterocycles. The first kappa shape index (κ1) is 13.0. The fraction of sp³-hybridized carbons (Fsp3) is 0.700. The molecule has 92 valence electrons. The Bertz CT molecular complexity index is 303. The van der Waals surface area contributed by atoms with Crippen LogP contribution in [0.15, 0.2) is 12.4 Å². The molecule has 0 saturated carbocycles. The molecule has 0 spiro atoms. The van der Waals surface area contributed by atoms with Crippen molar-refractivity contribution in [3.8, 4) is 0 Å². The summed E-state index contributed by atoms with van der Waals surface area (Å²) in [5.74, 6) is 0. The molecule has 1 aromatic rings. The maximum absolute atomic E-state index is 9.82. The molecule has 1 aromatic heterocycles. The van der Waals surface area contributed by atoms with Gasteiger partial charge in [-0.1, -0.05) is 6.92 Å². The molecule has 1 unspecified atom stereocenters. The predicted molar refractivity (Wildman–Crippen MR) is 61.8 cm³/mol. The highest BCUT2D eigenvalue weighted by Crippen LogP contribution is 2.00. The van der Waals surface area contributed by atoms with Crippen LogP contribution in [0.5, 0.6) is 0 Å². The molecule has 0 aliphatic carbocycles. The second-order valence-corrected chi connectivity index (χ2v) is 3.77. The number of nitrogens with two attached hydrogens (primary N) is 1. The molecule has 0 saturated heterocycles. The number of nitrogen functional groups attached to an aromatic ring is 1. The highest BCUT2D eigenvalue weighted by atomic mass is 16.3. The molecule has 1 rings (SSSR count). The average Bonchev–Trinajstić information content (AvgIpc) is 2.63. The number of nitrogens with zero attached hydrogens (tertiary/aromatic N) is 3. The summed E-state index contributed by atoms with van der Waals surface area (Å²) in [5, 5.41) is 22.6. The number of hydrogen-bond acceptors (Lipinski definition) is 5. The third kappa shape index (κ3) is 4.18. The van der Waals surface area contributed by atoms with Crippen LogP contribution in [-0.2, 0) is 6.54 Å². The van der Waals surface area contributed by atoms with Gasteiger partial charge in [0.1, 0.15) is 0 Å². The van der Waals surface area contributed by atoms with E-state index in [-0.39, 0.29) is 6.61 Å².